The molecule has 0 atom stereocenters. The maximum Gasteiger partial charge on any atom is 0.292 e. The maximum absolute atomic E-state index is 12.7. The van der Waals surface area contributed by atoms with E-state index in [4.69, 9.17) is 5.73 Å². The first-order chi connectivity index (χ1) is 13.9. The summed E-state index contributed by atoms with van der Waals surface area (Å²) in [7, 11) is 0. The number of para-hydroxylation sites is 2. The number of nitro benzene ring substituents is 1. The summed E-state index contributed by atoms with van der Waals surface area (Å²) in [6.45, 7) is 2.02. The van der Waals surface area contributed by atoms with E-state index < -0.39 is 10.8 Å². The Kier molecular flexibility index (Phi) is 4.69. The highest BCUT2D eigenvalue weighted by Crippen LogP contribution is 2.35. The van der Waals surface area contributed by atoms with Gasteiger partial charge in [-0.25, -0.2) is 4.98 Å². The van der Waals surface area contributed by atoms with Crippen molar-refractivity contribution in [1.29, 1.82) is 0 Å². The van der Waals surface area contributed by atoms with Crippen LogP contribution in [0.4, 0.5) is 17.1 Å². The first-order valence-electron chi connectivity index (χ1n) is 8.75. The summed E-state index contributed by atoms with van der Waals surface area (Å²) in [5, 5.41) is 14.4. The van der Waals surface area contributed by atoms with Gasteiger partial charge < -0.3 is 11.1 Å². The molecule has 0 saturated carbocycles. The van der Waals surface area contributed by atoms with Gasteiger partial charge in [-0.1, -0.05) is 42.0 Å². The van der Waals surface area contributed by atoms with Crippen molar-refractivity contribution in [2.24, 2.45) is 0 Å². The Balaban J connectivity index is 1.69. The lowest BCUT2D eigenvalue weighted by molar-refractivity contribution is -0.383. The van der Waals surface area contributed by atoms with Crippen molar-refractivity contribution < 1.29 is 9.72 Å². The molecule has 2 aromatic carbocycles. The minimum absolute atomic E-state index is 0.118. The number of thiophene rings is 1. The molecule has 0 bridgehead atoms. The molecule has 0 aliphatic carbocycles. The number of aryl methyl sites for hydroxylation is 1. The Bertz CT molecular complexity index is 1250. The van der Waals surface area contributed by atoms with Gasteiger partial charge in [-0.3, -0.25) is 14.9 Å². The standard InChI is InChI=1S/C21H16N4O3S/c1-12-6-8-13(9-7-12)15-11-10-14-18(22)19(29-21(14)24-15)20(26)23-16-4-2-3-5-17(16)25(27)28/h2-11H,22H2,1H3,(H,23,26). The zero-order chi connectivity index (χ0) is 20.5. The Morgan fingerprint density at radius 1 is 1.10 bits per heavy atom. The minimum Gasteiger partial charge on any atom is -0.397 e. The molecule has 3 N–H and O–H groups in total. The van der Waals surface area contributed by atoms with E-state index in [0.29, 0.717) is 15.9 Å². The lowest BCUT2D eigenvalue weighted by Gasteiger charge is -2.05. The normalized spacial score (nSPS) is 10.8. The molecule has 4 rings (SSSR count). The molecule has 0 spiro atoms. The number of nitrogens with one attached hydrogen (secondary N) is 1. The maximum atomic E-state index is 12.7. The predicted octanol–water partition coefficient (Wildman–Crippen LogP) is 5.01. The number of amides is 1. The second-order valence-corrected chi connectivity index (χ2v) is 7.49. The zero-order valence-electron chi connectivity index (χ0n) is 15.4. The van der Waals surface area contributed by atoms with Crippen LogP contribution in [-0.4, -0.2) is 15.8 Å². The molecule has 0 fully saturated rings. The third kappa shape index (κ3) is 3.53. The van der Waals surface area contributed by atoms with Crippen LogP contribution in [0.15, 0.2) is 60.7 Å². The van der Waals surface area contributed by atoms with Gasteiger partial charge in [0.25, 0.3) is 11.6 Å². The number of nitro groups is 1. The highest BCUT2D eigenvalue weighted by Gasteiger charge is 2.21. The zero-order valence-corrected chi connectivity index (χ0v) is 16.2. The summed E-state index contributed by atoms with van der Waals surface area (Å²) in [6.07, 6.45) is 0. The van der Waals surface area contributed by atoms with Crippen LogP contribution in [0.5, 0.6) is 0 Å². The Morgan fingerprint density at radius 2 is 1.83 bits per heavy atom. The summed E-state index contributed by atoms with van der Waals surface area (Å²) < 4.78 is 0. The van der Waals surface area contributed by atoms with Crippen LogP contribution in [0.1, 0.15) is 15.2 Å². The van der Waals surface area contributed by atoms with Crippen molar-refractivity contribution in [2.45, 2.75) is 6.92 Å². The van der Waals surface area contributed by atoms with Crippen molar-refractivity contribution >= 4 is 44.5 Å². The van der Waals surface area contributed by atoms with Gasteiger partial charge in [0.2, 0.25) is 0 Å². The number of rotatable bonds is 4. The van der Waals surface area contributed by atoms with Crippen LogP contribution in [0.3, 0.4) is 0 Å². The molecule has 2 heterocycles. The lowest BCUT2D eigenvalue weighted by Crippen LogP contribution is -2.13. The molecule has 29 heavy (non-hydrogen) atoms. The van der Waals surface area contributed by atoms with E-state index in [0.717, 1.165) is 28.2 Å². The quantitative estimate of drug-likeness (QED) is 0.367. The number of hydrogen-bond donors (Lipinski definition) is 2. The van der Waals surface area contributed by atoms with Gasteiger partial charge in [0, 0.05) is 17.0 Å². The highest BCUT2D eigenvalue weighted by atomic mass is 32.1. The molecule has 8 heteroatoms. The number of pyridine rings is 1. The lowest BCUT2D eigenvalue weighted by atomic mass is 10.1. The molecule has 0 radical (unpaired) electrons. The van der Waals surface area contributed by atoms with Gasteiger partial charge in [0.1, 0.15) is 15.4 Å². The fourth-order valence-electron chi connectivity index (χ4n) is 2.97. The first-order valence-corrected chi connectivity index (χ1v) is 9.56. The third-order valence-electron chi connectivity index (χ3n) is 4.50. The minimum atomic E-state index is -0.542. The largest absolute Gasteiger partial charge is 0.397 e. The summed E-state index contributed by atoms with van der Waals surface area (Å²) in [5.41, 5.74) is 9.33. The Labute approximate surface area is 170 Å². The molecular weight excluding hydrogens is 388 g/mol. The number of carbonyl (C=O) groups excluding carboxylic acids is 1. The van der Waals surface area contributed by atoms with E-state index in [-0.39, 0.29) is 16.3 Å². The van der Waals surface area contributed by atoms with Crippen molar-refractivity contribution in [3.8, 4) is 11.3 Å². The topological polar surface area (TPSA) is 111 Å². The van der Waals surface area contributed by atoms with Crippen LogP contribution in [0, 0.1) is 17.0 Å². The van der Waals surface area contributed by atoms with E-state index in [9.17, 15) is 14.9 Å². The van der Waals surface area contributed by atoms with Crippen molar-refractivity contribution in [1.82, 2.24) is 4.98 Å². The molecule has 4 aromatic rings. The average Bonchev–Trinajstić information content (AvgIpc) is 3.05. The van der Waals surface area contributed by atoms with Crippen LogP contribution in [0.25, 0.3) is 21.5 Å². The Morgan fingerprint density at radius 3 is 2.55 bits per heavy atom. The van der Waals surface area contributed by atoms with Crippen molar-refractivity contribution in [3.63, 3.8) is 0 Å². The summed E-state index contributed by atoms with van der Waals surface area (Å²) in [5.74, 6) is -0.503. The Hall–Kier alpha value is -3.78. The predicted molar refractivity (Wildman–Crippen MR) is 115 cm³/mol. The van der Waals surface area contributed by atoms with E-state index in [1.54, 1.807) is 6.07 Å². The fourth-order valence-corrected chi connectivity index (χ4v) is 3.96. The summed E-state index contributed by atoms with van der Waals surface area (Å²) in [6, 6.07) is 17.7. The van der Waals surface area contributed by atoms with Gasteiger partial charge in [-0.2, -0.15) is 0 Å². The van der Waals surface area contributed by atoms with Gasteiger partial charge in [0.15, 0.2) is 0 Å². The van der Waals surface area contributed by atoms with Gasteiger partial charge >= 0.3 is 0 Å². The summed E-state index contributed by atoms with van der Waals surface area (Å²) in [4.78, 5) is 28.9. The van der Waals surface area contributed by atoms with Crippen LogP contribution < -0.4 is 11.1 Å². The molecule has 144 valence electrons. The van der Waals surface area contributed by atoms with E-state index in [2.05, 4.69) is 10.3 Å². The number of nitrogens with zero attached hydrogens (tertiary/aromatic N) is 2. The monoisotopic (exact) mass is 404 g/mol. The average molecular weight is 404 g/mol. The van der Waals surface area contributed by atoms with Crippen LogP contribution in [0.2, 0.25) is 0 Å². The van der Waals surface area contributed by atoms with E-state index in [1.165, 1.54) is 18.2 Å². The molecule has 2 aromatic heterocycles. The number of fused-ring (bicyclic) bond motifs is 1. The number of aromatic nitrogens is 1. The van der Waals surface area contributed by atoms with E-state index >= 15 is 0 Å². The number of hydrogen-bond acceptors (Lipinski definition) is 6. The van der Waals surface area contributed by atoms with Gasteiger partial charge in [-0.05, 0) is 25.1 Å². The fraction of sp³-hybridized carbons (Fsp3) is 0.0476. The van der Waals surface area contributed by atoms with E-state index in [1.807, 2.05) is 43.3 Å². The second-order valence-electron chi connectivity index (χ2n) is 6.49. The van der Waals surface area contributed by atoms with Gasteiger partial charge in [-0.15, -0.1) is 11.3 Å². The van der Waals surface area contributed by atoms with Gasteiger partial charge in [0.05, 0.1) is 16.3 Å². The van der Waals surface area contributed by atoms with Crippen molar-refractivity contribution in [3.05, 3.63) is 81.2 Å². The van der Waals surface area contributed by atoms with Crippen LogP contribution >= 0.6 is 11.3 Å². The molecular formula is C21H16N4O3S. The van der Waals surface area contributed by atoms with Crippen molar-refractivity contribution in [2.75, 3.05) is 11.1 Å². The molecule has 0 saturated heterocycles. The second kappa shape index (κ2) is 7.33. The molecule has 7 nitrogen and oxygen atoms in total. The highest BCUT2D eigenvalue weighted by molar-refractivity contribution is 7.21. The smallest absolute Gasteiger partial charge is 0.292 e. The number of nitrogen functional groups attached to an aromatic ring is 1. The molecule has 0 aliphatic heterocycles. The van der Waals surface area contributed by atoms with Crippen LogP contribution in [-0.2, 0) is 0 Å². The molecule has 0 aliphatic rings. The number of benzene rings is 2. The molecule has 1 amide bonds. The third-order valence-corrected chi connectivity index (χ3v) is 5.61. The first kappa shape index (κ1) is 18.6. The molecule has 0 unspecified atom stereocenters. The summed E-state index contributed by atoms with van der Waals surface area (Å²) >= 11 is 1.16. The number of nitrogens with two attached hydrogens (primary N) is 1. The SMILES string of the molecule is Cc1ccc(-c2ccc3c(N)c(C(=O)Nc4ccccc4[N+](=O)[O-])sc3n2)cc1. The number of anilines is 2. The number of carbonyl (C=O) groups is 1.